The first-order valence-corrected chi connectivity index (χ1v) is 8.59. The first kappa shape index (κ1) is 19.6. The number of pyridine rings is 2. The molecule has 5 aromatic rings. The monoisotopic (exact) mass is 454 g/mol. The van der Waals surface area contributed by atoms with Crippen LogP contribution in [0.25, 0.3) is 33.8 Å². The van der Waals surface area contributed by atoms with E-state index in [0.717, 1.165) is 28.0 Å². The molecule has 0 fully saturated rings. The van der Waals surface area contributed by atoms with Gasteiger partial charge in [0.05, 0.1) is 5.69 Å². The molecule has 0 bridgehead atoms. The van der Waals surface area contributed by atoms with Gasteiger partial charge in [-0.05, 0) is 40.8 Å². The van der Waals surface area contributed by atoms with Crippen LogP contribution in [-0.4, -0.2) is 15.0 Å². The molecule has 0 saturated carbocycles. The van der Waals surface area contributed by atoms with E-state index in [4.69, 9.17) is 0 Å². The predicted molar refractivity (Wildman–Crippen MR) is 107 cm³/mol. The van der Waals surface area contributed by atoms with Crippen LogP contribution in [0.1, 0.15) is 0 Å². The van der Waals surface area contributed by atoms with Gasteiger partial charge in [0.15, 0.2) is 0 Å². The molecule has 0 aliphatic heterocycles. The largest absolute Gasteiger partial charge is 2.00 e. The zero-order valence-corrected chi connectivity index (χ0v) is 16.4. The molecule has 0 atom stereocenters. The predicted octanol–water partition coefficient (Wildman–Crippen LogP) is 4.80. The fourth-order valence-electron chi connectivity index (χ4n) is 2.59. The first-order valence-electron chi connectivity index (χ1n) is 8.59. The molecule has 0 unspecified atom stereocenters. The molecule has 5 rings (SSSR count). The van der Waals surface area contributed by atoms with Crippen LogP contribution in [0.2, 0.25) is 0 Å². The molecule has 28 heavy (non-hydrogen) atoms. The Morgan fingerprint density at radius 2 is 1.36 bits per heavy atom. The van der Waals surface area contributed by atoms with Gasteiger partial charge in [-0.1, -0.05) is 42.5 Å². The Morgan fingerprint density at radius 3 is 2.00 bits per heavy atom. The van der Waals surface area contributed by atoms with Crippen LogP contribution in [-0.2, 0) is 20.4 Å². The summed E-state index contributed by atoms with van der Waals surface area (Å²) in [5.74, 6) is 0.691. The number of fused-ring (bicyclic) bond motifs is 1. The van der Waals surface area contributed by atoms with Crippen molar-refractivity contribution in [3.8, 4) is 22.8 Å². The summed E-state index contributed by atoms with van der Waals surface area (Å²) in [5, 5.41) is 0. The minimum absolute atomic E-state index is 0. The fraction of sp³-hybridized carbons (Fsp3) is 0. The van der Waals surface area contributed by atoms with Gasteiger partial charge < -0.3 is 15.0 Å². The summed E-state index contributed by atoms with van der Waals surface area (Å²) in [4.78, 5) is 17.3. The Morgan fingerprint density at radius 1 is 0.679 bits per heavy atom. The number of benzene rings is 2. The van der Waals surface area contributed by atoms with Crippen molar-refractivity contribution in [1.82, 2.24) is 19.9 Å². The van der Waals surface area contributed by atoms with Crippen LogP contribution < -0.4 is 4.98 Å². The Labute approximate surface area is 177 Å². The van der Waals surface area contributed by atoms with E-state index >= 15 is 0 Å². The Hall–Kier alpha value is -3.13. The quantitative estimate of drug-likeness (QED) is 0.284. The summed E-state index contributed by atoms with van der Waals surface area (Å²) in [6.45, 7) is 0. The molecule has 0 spiro atoms. The second kappa shape index (κ2) is 9.71. The molecule has 5 heteroatoms. The van der Waals surface area contributed by atoms with E-state index in [-0.39, 0.29) is 20.4 Å². The van der Waals surface area contributed by atoms with E-state index < -0.39 is 0 Å². The Kier molecular flexibility index (Phi) is 6.80. The smallest absolute Gasteiger partial charge is 0.434 e. The average Bonchev–Trinajstić information content (AvgIpc) is 3.21. The van der Waals surface area contributed by atoms with Crippen molar-refractivity contribution in [1.29, 1.82) is 0 Å². The normalized spacial score (nSPS) is 9.86. The van der Waals surface area contributed by atoms with Gasteiger partial charge in [0, 0.05) is 12.4 Å². The van der Waals surface area contributed by atoms with E-state index in [1.54, 1.807) is 12.4 Å². The van der Waals surface area contributed by atoms with Crippen molar-refractivity contribution in [2.75, 3.05) is 0 Å². The minimum Gasteiger partial charge on any atom is -0.434 e. The molecule has 0 N–H and O–H groups in total. The van der Waals surface area contributed by atoms with Crippen LogP contribution in [0.15, 0.2) is 97.3 Å². The zero-order chi connectivity index (χ0) is 18.3. The van der Waals surface area contributed by atoms with Crippen molar-refractivity contribution in [2.45, 2.75) is 0 Å². The number of imidazole rings is 1. The number of rotatable bonds is 2. The van der Waals surface area contributed by atoms with Gasteiger partial charge in [-0.3, -0.25) is 4.98 Å². The van der Waals surface area contributed by atoms with Gasteiger partial charge >= 0.3 is 20.4 Å². The van der Waals surface area contributed by atoms with E-state index in [0.29, 0.717) is 5.82 Å². The summed E-state index contributed by atoms with van der Waals surface area (Å²) in [5.41, 5.74) is 4.65. The average molecular weight is 455 g/mol. The Balaban J connectivity index is 0.000000159. The summed E-state index contributed by atoms with van der Waals surface area (Å²) in [6, 6.07) is 30.4. The van der Waals surface area contributed by atoms with Crippen LogP contribution in [0, 0.1) is 6.07 Å². The van der Waals surface area contributed by atoms with Crippen LogP contribution in [0.3, 0.4) is 0 Å². The van der Waals surface area contributed by atoms with E-state index in [2.05, 4.69) is 26.0 Å². The maximum absolute atomic E-state index is 4.41. The number of hydrogen-bond acceptors (Lipinski definition) is 3. The number of aromatic nitrogens is 4. The molecule has 0 saturated heterocycles. The summed E-state index contributed by atoms with van der Waals surface area (Å²) in [6.07, 6.45) is 3.53. The van der Waals surface area contributed by atoms with Crippen molar-refractivity contribution < 1.29 is 20.4 Å². The third-order valence-corrected chi connectivity index (χ3v) is 3.88. The maximum Gasteiger partial charge on any atom is 2.00 e. The zero-order valence-electron chi connectivity index (χ0n) is 14.8. The second-order valence-electron chi connectivity index (χ2n) is 5.74. The van der Waals surface area contributed by atoms with Gasteiger partial charge in [-0.15, -0.1) is 35.9 Å². The molecule has 0 aliphatic carbocycles. The molecule has 138 valence electrons. The van der Waals surface area contributed by atoms with Crippen LogP contribution in [0.4, 0.5) is 0 Å². The van der Waals surface area contributed by atoms with E-state index in [1.807, 2.05) is 84.9 Å². The molecule has 3 aromatic heterocycles. The van der Waals surface area contributed by atoms with Gasteiger partial charge in [-0.25, -0.2) is 0 Å². The molecule has 4 nitrogen and oxygen atoms in total. The van der Waals surface area contributed by atoms with Crippen molar-refractivity contribution in [3.05, 3.63) is 103 Å². The summed E-state index contributed by atoms with van der Waals surface area (Å²) in [7, 11) is 0. The number of nitrogens with zero attached hydrogens (tertiary/aromatic N) is 4. The molecule has 3 heterocycles. The van der Waals surface area contributed by atoms with Crippen molar-refractivity contribution in [3.63, 3.8) is 0 Å². The van der Waals surface area contributed by atoms with Gasteiger partial charge in [0.1, 0.15) is 0 Å². The molecule has 0 amide bonds. The topological polar surface area (TPSA) is 52.8 Å². The van der Waals surface area contributed by atoms with E-state index in [9.17, 15) is 0 Å². The molecular formula is C23H16N4Pd. The third kappa shape index (κ3) is 4.77. The summed E-state index contributed by atoms with van der Waals surface area (Å²) >= 11 is 0. The number of hydrogen-bond donors (Lipinski definition) is 0. The standard InChI is InChI=1S/C12H8N3.C11H8N.Pd/c1-2-6-10-9(5-1)14-12(15-10)11-7-3-4-8-13-11;1-2-6-10(7-3-1)11-8-4-5-9-12-11;/h1-8H;1-6,8-9H;/q2*-1;+2. The van der Waals surface area contributed by atoms with Gasteiger partial charge in [0.2, 0.25) is 0 Å². The third-order valence-electron chi connectivity index (χ3n) is 3.88. The van der Waals surface area contributed by atoms with Crippen LogP contribution in [0.5, 0.6) is 0 Å². The second-order valence-corrected chi connectivity index (χ2v) is 5.74. The SMILES string of the molecule is [Pd+2].[c-]1ccccc1-c1ccccn1.c1ccc(-c2nc3ccccc3[n-]2)nc1. The Bertz CT molecular complexity index is 1040. The van der Waals surface area contributed by atoms with Crippen molar-refractivity contribution in [2.24, 2.45) is 0 Å². The number of para-hydroxylation sites is 2. The van der Waals surface area contributed by atoms with Crippen LogP contribution >= 0.6 is 0 Å². The van der Waals surface area contributed by atoms with E-state index in [1.165, 1.54) is 0 Å². The molecule has 2 aromatic carbocycles. The molecule has 0 radical (unpaired) electrons. The van der Waals surface area contributed by atoms with Gasteiger partial charge in [-0.2, -0.15) is 0 Å². The minimum atomic E-state index is 0. The molecule has 0 aliphatic rings. The molecular weight excluding hydrogens is 439 g/mol. The fourth-order valence-corrected chi connectivity index (χ4v) is 2.59. The van der Waals surface area contributed by atoms with Crippen molar-refractivity contribution >= 4 is 11.0 Å². The maximum atomic E-state index is 4.41. The van der Waals surface area contributed by atoms with Gasteiger partial charge in [0.25, 0.3) is 0 Å². The summed E-state index contributed by atoms with van der Waals surface area (Å²) < 4.78 is 0. The first-order chi connectivity index (χ1) is 13.4.